The molecule has 0 bridgehead atoms. The molecule has 0 aliphatic rings. The summed E-state index contributed by atoms with van der Waals surface area (Å²) < 4.78 is 1.90. The van der Waals surface area contributed by atoms with Crippen molar-refractivity contribution in [3.05, 3.63) is 44.8 Å². The molecule has 2 rings (SSSR count). The first-order valence-corrected chi connectivity index (χ1v) is 6.31. The van der Waals surface area contributed by atoms with E-state index in [2.05, 4.69) is 31.9 Å². The van der Waals surface area contributed by atoms with Crippen molar-refractivity contribution in [2.75, 3.05) is 0 Å². The Balaban J connectivity index is 2.72. The standard InChI is InChI=1S/C12H9Br2NO/c13-8-3-1-7-2-4-11(14)10(6-12(15)16)9(7)5-8/h1-5H,6H2,(H2,15,16). The summed E-state index contributed by atoms with van der Waals surface area (Å²) in [6.45, 7) is 0. The van der Waals surface area contributed by atoms with E-state index in [4.69, 9.17) is 5.73 Å². The summed E-state index contributed by atoms with van der Waals surface area (Å²) >= 11 is 6.87. The molecule has 0 fully saturated rings. The zero-order chi connectivity index (χ0) is 11.7. The van der Waals surface area contributed by atoms with Crippen LogP contribution >= 0.6 is 31.9 Å². The predicted octanol–water partition coefficient (Wildman–Crippen LogP) is 3.39. The fraction of sp³-hybridized carbons (Fsp3) is 0.0833. The number of carbonyl (C=O) groups is 1. The van der Waals surface area contributed by atoms with Crippen molar-refractivity contribution in [2.24, 2.45) is 5.73 Å². The second-order valence-electron chi connectivity index (χ2n) is 3.53. The summed E-state index contributed by atoms with van der Waals surface area (Å²) in [6.07, 6.45) is 0.244. The predicted molar refractivity (Wildman–Crippen MR) is 72.2 cm³/mol. The average molecular weight is 343 g/mol. The summed E-state index contributed by atoms with van der Waals surface area (Å²) in [6, 6.07) is 9.93. The molecular formula is C12H9Br2NO. The van der Waals surface area contributed by atoms with Crippen molar-refractivity contribution < 1.29 is 4.79 Å². The molecule has 0 saturated carbocycles. The highest BCUT2D eigenvalue weighted by molar-refractivity contribution is 9.10. The number of amides is 1. The lowest BCUT2D eigenvalue weighted by atomic mass is 10.0. The van der Waals surface area contributed by atoms with Crippen molar-refractivity contribution in [1.29, 1.82) is 0 Å². The molecule has 2 nitrogen and oxygen atoms in total. The maximum atomic E-state index is 11.0. The van der Waals surface area contributed by atoms with Crippen LogP contribution in [0.5, 0.6) is 0 Å². The third kappa shape index (κ3) is 2.28. The van der Waals surface area contributed by atoms with Gasteiger partial charge in [-0.25, -0.2) is 0 Å². The SMILES string of the molecule is NC(=O)Cc1c(Br)ccc2ccc(Br)cc12. The van der Waals surface area contributed by atoms with Crippen molar-refractivity contribution in [2.45, 2.75) is 6.42 Å². The van der Waals surface area contributed by atoms with Crippen LogP contribution in [0.15, 0.2) is 39.3 Å². The zero-order valence-corrected chi connectivity index (χ0v) is 11.5. The second kappa shape index (κ2) is 4.55. The van der Waals surface area contributed by atoms with E-state index in [0.717, 1.165) is 25.3 Å². The van der Waals surface area contributed by atoms with E-state index in [1.54, 1.807) is 0 Å². The van der Waals surface area contributed by atoms with E-state index in [-0.39, 0.29) is 12.3 Å². The number of benzene rings is 2. The number of nitrogens with two attached hydrogens (primary N) is 1. The highest BCUT2D eigenvalue weighted by Crippen LogP contribution is 2.29. The fourth-order valence-electron chi connectivity index (χ4n) is 1.68. The lowest BCUT2D eigenvalue weighted by Gasteiger charge is -2.08. The lowest BCUT2D eigenvalue weighted by Crippen LogP contribution is -2.14. The van der Waals surface area contributed by atoms with Crippen LogP contribution in [0.2, 0.25) is 0 Å². The monoisotopic (exact) mass is 341 g/mol. The summed E-state index contributed by atoms with van der Waals surface area (Å²) in [5, 5.41) is 2.14. The van der Waals surface area contributed by atoms with Gasteiger partial charge in [-0.1, -0.05) is 44.0 Å². The molecule has 0 spiro atoms. The van der Waals surface area contributed by atoms with Gasteiger partial charge in [0.2, 0.25) is 5.91 Å². The number of carbonyl (C=O) groups excluding carboxylic acids is 1. The Kier molecular flexibility index (Phi) is 3.30. The zero-order valence-electron chi connectivity index (χ0n) is 8.34. The Bertz CT molecular complexity index is 561. The van der Waals surface area contributed by atoms with E-state index >= 15 is 0 Å². The average Bonchev–Trinajstić information content (AvgIpc) is 2.22. The van der Waals surface area contributed by atoms with Gasteiger partial charge in [0.15, 0.2) is 0 Å². The van der Waals surface area contributed by atoms with Crippen LogP contribution in [0.1, 0.15) is 5.56 Å². The van der Waals surface area contributed by atoms with Gasteiger partial charge in [-0.05, 0) is 34.5 Å². The molecule has 1 amide bonds. The Hall–Kier alpha value is -0.870. The molecule has 0 aliphatic carbocycles. The van der Waals surface area contributed by atoms with Gasteiger partial charge in [0.1, 0.15) is 0 Å². The highest BCUT2D eigenvalue weighted by Gasteiger charge is 2.08. The molecule has 0 heterocycles. The molecule has 82 valence electrons. The van der Waals surface area contributed by atoms with E-state index in [1.165, 1.54) is 0 Å². The van der Waals surface area contributed by atoms with Crippen LogP contribution in [0.3, 0.4) is 0 Å². The Morgan fingerprint density at radius 3 is 2.56 bits per heavy atom. The second-order valence-corrected chi connectivity index (χ2v) is 5.30. The molecule has 0 atom stereocenters. The minimum absolute atomic E-state index is 0.244. The van der Waals surface area contributed by atoms with Gasteiger partial charge in [-0.15, -0.1) is 0 Å². The Morgan fingerprint density at radius 1 is 1.19 bits per heavy atom. The van der Waals surface area contributed by atoms with Gasteiger partial charge < -0.3 is 5.73 Å². The molecule has 0 unspecified atom stereocenters. The van der Waals surface area contributed by atoms with Gasteiger partial charge in [-0.2, -0.15) is 0 Å². The van der Waals surface area contributed by atoms with Crippen LogP contribution in [0, 0.1) is 0 Å². The van der Waals surface area contributed by atoms with Crippen LogP contribution < -0.4 is 5.73 Å². The van der Waals surface area contributed by atoms with Gasteiger partial charge in [-0.3, -0.25) is 4.79 Å². The van der Waals surface area contributed by atoms with Crippen molar-refractivity contribution in [3.63, 3.8) is 0 Å². The van der Waals surface area contributed by atoms with Crippen molar-refractivity contribution in [1.82, 2.24) is 0 Å². The smallest absolute Gasteiger partial charge is 0.221 e. The number of halogens is 2. The molecule has 16 heavy (non-hydrogen) atoms. The van der Waals surface area contributed by atoms with Crippen LogP contribution in [-0.4, -0.2) is 5.91 Å². The van der Waals surface area contributed by atoms with Gasteiger partial charge in [0.05, 0.1) is 6.42 Å². The Morgan fingerprint density at radius 2 is 1.88 bits per heavy atom. The molecule has 4 heteroatoms. The van der Waals surface area contributed by atoms with Gasteiger partial charge in [0, 0.05) is 8.95 Å². The number of rotatable bonds is 2. The van der Waals surface area contributed by atoms with Gasteiger partial charge in [0.25, 0.3) is 0 Å². The largest absolute Gasteiger partial charge is 0.369 e. The maximum Gasteiger partial charge on any atom is 0.221 e. The minimum atomic E-state index is -0.326. The lowest BCUT2D eigenvalue weighted by molar-refractivity contribution is -0.117. The number of fused-ring (bicyclic) bond motifs is 1. The summed E-state index contributed by atoms with van der Waals surface area (Å²) in [4.78, 5) is 11.0. The molecule has 2 N–H and O–H groups in total. The first kappa shape index (κ1) is 11.6. The quantitative estimate of drug-likeness (QED) is 0.893. The maximum absolute atomic E-state index is 11.0. The summed E-state index contributed by atoms with van der Waals surface area (Å²) in [7, 11) is 0. The van der Waals surface area contributed by atoms with Gasteiger partial charge >= 0.3 is 0 Å². The van der Waals surface area contributed by atoms with Crippen LogP contribution in [-0.2, 0) is 11.2 Å². The Labute approximate surface area is 110 Å². The third-order valence-corrected chi connectivity index (χ3v) is 3.63. The highest BCUT2D eigenvalue weighted by atomic mass is 79.9. The van der Waals surface area contributed by atoms with E-state index in [1.807, 2.05) is 30.3 Å². The summed E-state index contributed by atoms with van der Waals surface area (Å²) in [5.41, 5.74) is 6.19. The topological polar surface area (TPSA) is 43.1 Å². The summed E-state index contributed by atoms with van der Waals surface area (Å²) in [5.74, 6) is -0.326. The normalized spacial score (nSPS) is 10.6. The number of hydrogen-bond donors (Lipinski definition) is 1. The molecule has 2 aromatic rings. The molecule has 0 aromatic heterocycles. The van der Waals surface area contributed by atoms with E-state index in [9.17, 15) is 4.79 Å². The first-order valence-electron chi connectivity index (χ1n) is 4.73. The fourth-order valence-corrected chi connectivity index (χ4v) is 2.53. The van der Waals surface area contributed by atoms with E-state index < -0.39 is 0 Å². The first-order chi connectivity index (χ1) is 7.58. The molecule has 0 radical (unpaired) electrons. The number of hydrogen-bond acceptors (Lipinski definition) is 1. The van der Waals surface area contributed by atoms with E-state index in [0.29, 0.717) is 0 Å². The third-order valence-electron chi connectivity index (χ3n) is 2.39. The van der Waals surface area contributed by atoms with Crippen LogP contribution in [0.4, 0.5) is 0 Å². The molecule has 0 saturated heterocycles. The molecule has 2 aromatic carbocycles. The van der Waals surface area contributed by atoms with Crippen molar-refractivity contribution in [3.8, 4) is 0 Å². The number of primary amides is 1. The minimum Gasteiger partial charge on any atom is -0.369 e. The molecule has 0 aliphatic heterocycles. The molecular weight excluding hydrogens is 334 g/mol. The van der Waals surface area contributed by atoms with Crippen molar-refractivity contribution >= 4 is 48.5 Å². The van der Waals surface area contributed by atoms with Crippen LogP contribution in [0.25, 0.3) is 10.8 Å².